The van der Waals surface area contributed by atoms with Gasteiger partial charge in [-0.05, 0) is 38.9 Å². The summed E-state index contributed by atoms with van der Waals surface area (Å²) in [6.07, 6.45) is 1.99. The number of aromatic nitrogens is 1. The Labute approximate surface area is 138 Å². The molecule has 0 spiro atoms. The van der Waals surface area contributed by atoms with Crippen molar-refractivity contribution < 1.29 is 9.59 Å². The maximum atomic E-state index is 12.1. The van der Waals surface area contributed by atoms with E-state index in [4.69, 9.17) is 0 Å². The van der Waals surface area contributed by atoms with Gasteiger partial charge in [-0.3, -0.25) is 15.0 Å². The van der Waals surface area contributed by atoms with Gasteiger partial charge in [-0.1, -0.05) is 12.1 Å². The predicted molar refractivity (Wildman–Crippen MR) is 90.2 cm³/mol. The summed E-state index contributed by atoms with van der Waals surface area (Å²) in [7, 11) is 1.86. The molecule has 7 heteroatoms. The average Bonchev–Trinajstić information content (AvgIpc) is 3.22. The Hall–Kier alpha value is -1.99. The Morgan fingerprint density at radius 3 is 2.83 bits per heavy atom. The highest BCUT2D eigenvalue weighted by Gasteiger charge is 2.26. The summed E-state index contributed by atoms with van der Waals surface area (Å²) in [5.74, 6) is -0.299. The van der Waals surface area contributed by atoms with Crippen molar-refractivity contribution in [1.82, 2.24) is 20.5 Å². The molecule has 122 valence electrons. The summed E-state index contributed by atoms with van der Waals surface area (Å²) in [6, 6.07) is 7.39. The number of rotatable bonds is 5. The molecule has 0 aliphatic heterocycles. The number of thiazole rings is 1. The number of nitrogens with one attached hydrogen (secondary N) is 2. The second-order valence-corrected chi connectivity index (χ2v) is 7.02. The molecule has 1 aromatic heterocycles. The lowest BCUT2D eigenvalue weighted by Crippen LogP contribution is -2.48. The number of nitrogens with zero attached hydrogens (tertiary/aromatic N) is 2. The number of carbonyl (C=O) groups excluding carboxylic acids is 2. The van der Waals surface area contributed by atoms with Gasteiger partial charge in [-0.25, -0.2) is 9.78 Å². The number of amides is 3. The quantitative estimate of drug-likeness (QED) is 0.879. The van der Waals surface area contributed by atoms with Crippen molar-refractivity contribution in [3.05, 3.63) is 29.3 Å². The molecule has 2 N–H and O–H groups in total. The van der Waals surface area contributed by atoms with Crippen molar-refractivity contribution in [2.75, 3.05) is 7.05 Å². The van der Waals surface area contributed by atoms with Crippen molar-refractivity contribution in [3.8, 4) is 0 Å². The van der Waals surface area contributed by atoms with E-state index in [9.17, 15) is 9.59 Å². The summed E-state index contributed by atoms with van der Waals surface area (Å²) in [5, 5.41) is 6.10. The Morgan fingerprint density at radius 2 is 2.13 bits per heavy atom. The van der Waals surface area contributed by atoms with Crippen LogP contribution >= 0.6 is 11.3 Å². The lowest BCUT2D eigenvalue weighted by molar-refractivity contribution is -0.124. The molecule has 1 atom stereocenters. The lowest BCUT2D eigenvalue weighted by atomic mass is 10.3. The minimum Gasteiger partial charge on any atom is -0.335 e. The first-order valence-electron chi connectivity index (χ1n) is 7.69. The monoisotopic (exact) mass is 332 g/mol. The fraction of sp³-hybridized carbons (Fsp3) is 0.438. The maximum Gasteiger partial charge on any atom is 0.321 e. The van der Waals surface area contributed by atoms with Gasteiger partial charge in [0.05, 0.1) is 22.8 Å². The highest BCUT2D eigenvalue weighted by Crippen LogP contribution is 2.22. The van der Waals surface area contributed by atoms with E-state index in [1.54, 1.807) is 18.3 Å². The summed E-state index contributed by atoms with van der Waals surface area (Å²) in [6.45, 7) is 2.35. The van der Waals surface area contributed by atoms with Crippen LogP contribution in [0.15, 0.2) is 24.3 Å². The largest absolute Gasteiger partial charge is 0.335 e. The average molecular weight is 332 g/mol. The zero-order valence-electron chi connectivity index (χ0n) is 13.2. The molecule has 0 saturated heterocycles. The van der Waals surface area contributed by atoms with Crippen LogP contribution in [0.2, 0.25) is 0 Å². The van der Waals surface area contributed by atoms with E-state index in [2.05, 4.69) is 15.6 Å². The van der Waals surface area contributed by atoms with Crippen LogP contribution in [0.3, 0.4) is 0 Å². The second kappa shape index (κ2) is 6.64. The van der Waals surface area contributed by atoms with Gasteiger partial charge in [-0.2, -0.15) is 0 Å². The SMILES string of the molecule is CC(C(=O)NC(=O)NC1CC1)N(C)Cc1nc2ccccc2s1. The van der Waals surface area contributed by atoms with Gasteiger partial charge in [0.1, 0.15) is 5.01 Å². The number of likely N-dealkylation sites (N-methyl/N-ethyl adjacent to an activating group) is 1. The fourth-order valence-corrected chi connectivity index (χ4v) is 3.23. The third-order valence-electron chi connectivity index (χ3n) is 3.91. The van der Waals surface area contributed by atoms with Gasteiger partial charge in [-0.15, -0.1) is 11.3 Å². The molecule has 2 aromatic rings. The van der Waals surface area contributed by atoms with E-state index in [1.807, 2.05) is 36.2 Å². The van der Waals surface area contributed by atoms with Gasteiger partial charge < -0.3 is 5.32 Å². The molecule has 1 aliphatic rings. The van der Waals surface area contributed by atoms with Gasteiger partial charge >= 0.3 is 6.03 Å². The van der Waals surface area contributed by atoms with Crippen molar-refractivity contribution in [2.45, 2.75) is 38.4 Å². The number of hydrogen-bond donors (Lipinski definition) is 2. The lowest BCUT2D eigenvalue weighted by Gasteiger charge is -2.22. The summed E-state index contributed by atoms with van der Waals surface area (Å²) < 4.78 is 1.14. The molecule has 1 aliphatic carbocycles. The van der Waals surface area contributed by atoms with Gasteiger partial charge in [0, 0.05) is 6.04 Å². The Bertz CT molecular complexity index is 693. The van der Waals surface area contributed by atoms with Crippen LogP contribution in [0, 0.1) is 0 Å². The molecular weight excluding hydrogens is 312 g/mol. The van der Waals surface area contributed by atoms with Crippen molar-refractivity contribution in [1.29, 1.82) is 0 Å². The van der Waals surface area contributed by atoms with E-state index < -0.39 is 12.1 Å². The minimum absolute atomic E-state index is 0.235. The third-order valence-corrected chi connectivity index (χ3v) is 4.93. The van der Waals surface area contributed by atoms with Crippen LogP contribution in [0.1, 0.15) is 24.8 Å². The van der Waals surface area contributed by atoms with Crippen LogP contribution in [0.5, 0.6) is 0 Å². The summed E-state index contributed by atoms with van der Waals surface area (Å²) in [5.41, 5.74) is 0.974. The molecule has 1 heterocycles. The van der Waals surface area contributed by atoms with Crippen molar-refractivity contribution in [2.24, 2.45) is 0 Å². The zero-order chi connectivity index (χ0) is 16.4. The van der Waals surface area contributed by atoms with Gasteiger partial charge in [0.25, 0.3) is 0 Å². The zero-order valence-corrected chi connectivity index (χ0v) is 14.0. The summed E-state index contributed by atoms with van der Waals surface area (Å²) >= 11 is 1.62. The third kappa shape index (κ3) is 4.05. The minimum atomic E-state index is -0.410. The molecule has 1 saturated carbocycles. The number of imide groups is 1. The Kier molecular flexibility index (Phi) is 4.58. The van der Waals surface area contributed by atoms with E-state index in [1.165, 1.54) is 0 Å². The number of fused-ring (bicyclic) bond motifs is 1. The van der Waals surface area contributed by atoms with Crippen LogP contribution < -0.4 is 10.6 Å². The smallest absolute Gasteiger partial charge is 0.321 e. The molecule has 23 heavy (non-hydrogen) atoms. The standard InChI is InChI=1S/C16H20N4O2S/c1-10(15(21)19-16(22)17-11-7-8-11)20(2)9-14-18-12-5-3-4-6-13(12)23-14/h3-6,10-11H,7-9H2,1-2H3,(H2,17,19,21,22). The number of urea groups is 1. The number of carbonyl (C=O) groups is 2. The van der Waals surface area contributed by atoms with Crippen LogP contribution in [0.4, 0.5) is 4.79 Å². The molecule has 0 radical (unpaired) electrons. The highest BCUT2D eigenvalue weighted by molar-refractivity contribution is 7.18. The Balaban J connectivity index is 1.56. The topological polar surface area (TPSA) is 74.3 Å². The van der Waals surface area contributed by atoms with Crippen LogP contribution in [0.25, 0.3) is 10.2 Å². The molecule has 1 aromatic carbocycles. The van der Waals surface area contributed by atoms with E-state index in [0.29, 0.717) is 6.54 Å². The van der Waals surface area contributed by atoms with E-state index in [-0.39, 0.29) is 11.9 Å². The first-order valence-corrected chi connectivity index (χ1v) is 8.50. The van der Waals surface area contributed by atoms with E-state index >= 15 is 0 Å². The molecule has 1 fully saturated rings. The maximum absolute atomic E-state index is 12.1. The van der Waals surface area contributed by atoms with Crippen molar-refractivity contribution >= 4 is 33.5 Å². The molecule has 0 bridgehead atoms. The first-order chi connectivity index (χ1) is 11.0. The number of para-hydroxylation sites is 1. The molecule has 3 rings (SSSR count). The van der Waals surface area contributed by atoms with E-state index in [0.717, 1.165) is 28.1 Å². The normalized spacial score (nSPS) is 15.6. The number of benzene rings is 1. The van der Waals surface area contributed by atoms with Gasteiger partial charge in [0.2, 0.25) is 5.91 Å². The van der Waals surface area contributed by atoms with Crippen molar-refractivity contribution in [3.63, 3.8) is 0 Å². The predicted octanol–water partition coefficient (Wildman–Crippen LogP) is 2.10. The highest BCUT2D eigenvalue weighted by atomic mass is 32.1. The molecule has 1 unspecified atom stereocenters. The Morgan fingerprint density at radius 1 is 1.39 bits per heavy atom. The van der Waals surface area contributed by atoms with Crippen LogP contribution in [-0.4, -0.2) is 41.0 Å². The summed E-state index contributed by atoms with van der Waals surface area (Å²) in [4.78, 5) is 30.2. The second-order valence-electron chi connectivity index (χ2n) is 5.90. The molecule has 6 nitrogen and oxygen atoms in total. The molecule has 3 amide bonds. The first kappa shape index (κ1) is 15.9. The fourth-order valence-electron chi connectivity index (χ4n) is 2.20. The van der Waals surface area contributed by atoms with Gasteiger partial charge in [0.15, 0.2) is 0 Å². The molecular formula is C16H20N4O2S. The van der Waals surface area contributed by atoms with Crippen LogP contribution in [-0.2, 0) is 11.3 Å². The number of hydrogen-bond acceptors (Lipinski definition) is 5.